The van der Waals surface area contributed by atoms with Gasteiger partial charge < -0.3 is 14.8 Å². The van der Waals surface area contributed by atoms with E-state index >= 15 is 0 Å². The van der Waals surface area contributed by atoms with Crippen LogP contribution in [0.3, 0.4) is 0 Å². The highest BCUT2D eigenvalue weighted by atomic mass is 16.5. The van der Waals surface area contributed by atoms with E-state index in [0.717, 1.165) is 12.1 Å². The van der Waals surface area contributed by atoms with Gasteiger partial charge in [-0.05, 0) is 37.5 Å². The molecule has 2 N–H and O–H groups in total. The van der Waals surface area contributed by atoms with Gasteiger partial charge in [0.15, 0.2) is 0 Å². The van der Waals surface area contributed by atoms with E-state index in [1.54, 1.807) is 25.1 Å². The molecule has 2 aromatic rings. The molecule has 0 saturated heterocycles. The Morgan fingerprint density at radius 3 is 2.41 bits per heavy atom. The highest BCUT2D eigenvalue weighted by Gasteiger charge is 2.16. The van der Waals surface area contributed by atoms with Gasteiger partial charge in [-0.15, -0.1) is 0 Å². The number of carbonyl (C=O) groups excluding carboxylic acids is 2. The number of hydrazone groups is 1. The Morgan fingerprint density at radius 2 is 1.74 bits per heavy atom. The molecule has 0 aromatic heterocycles. The number of nitrogens with zero attached hydrogens (tertiary/aromatic N) is 1. The average molecular weight is 369 g/mol. The summed E-state index contributed by atoms with van der Waals surface area (Å²) in [7, 11) is 2.99. The van der Waals surface area contributed by atoms with Crippen molar-refractivity contribution < 1.29 is 19.1 Å². The molecule has 0 aliphatic carbocycles. The lowest BCUT2D eigenvalue weighted by Gasteiger charge is -2.11. The van der Waals surface area contributed by atoms with Crippen molar-refractivity contribution >= 4 is 23.2 Å². The van der Waals surface area contributed by atoms with Gasteiger partial charge in [0.1, 0.15) is 11.5 Å². The van der Waals surface area contributed by atoms with Crippen LogP contribution in [-0.4, -0.2) is 31.7 Å². The van der Waals surface area contributed by atoms with Crippen LogP contribution < -0.4 is 20.2 Å². The first-order valence-electron chi connectivity index (χ1n) is 8.44. The van der Waals surface area contributed by atoms with Gasteiger partial charge in [0.05, 0.1) is 19.9 Å². The van der Waals surface area contributed by atoms with Crippen molar-refractivity contribution in [1.82, 2.24) is 5.43 Å². The van der Waals surface area contributed by atoms with Gasteiger partial charge in [0, 0.05) is 11.8 Å². The molecule has 27 heavy (non-hydrogen) atoms. The van der Waals surface area contributed by atoms with Crippen molar-refractivity contribution in [3.63, 3.8) is 0 Å². The Bertz CT molecular complexity index is 819. The molecule has 7 nitrogen and oxygen atoms in total. The van der Waals surface area contributed by atoms with Crippen LogP contribution in [0.2, 0.25) is 0 Å². The second-order valence-electron chi connectivity index (χ2n) is 5.79. The Kier molecular flexibility index (Phi) is 7.37. The normalized spacial score (nSPS) is 10.9. The number of rotatable bonds is 7. The van der Waals surface area contributed by atoms with Crippen LogP contribution >= 0.6 is 0 Å². The second-order valence-corrected chi connectivity index (χ2v) is 5.79. The SMILES string of the molecule is COc1ccc(NC(=O)C(=O)N/N=C(\C)CCc2ccccc2)c(OC)c1. The van der Waals surface area contributed by atoms with Crippen LogP contribution in [0.15, 0.2) is 53.6 Å². The first-order chi connectivity index (χ1) is 13.0. The number of nitrogens with one attached hydrogen (secondary N) is 2. The second kappa shape index (κ2) is 9.96. The molecule has 0 saturated carbocycles. The van der Waals surface area contributed by atoms with Crippen molar-refractivity contribution in [1.29, 1.82) is 0 Å². The van der Waals surface area contributed by atoms with Gasteiger partial charge in [-0.1, -0.05) is 30.3 Å². The summed E-state index contributed by atoms with van der Waals surface area (Å²) in [5.41, 5.74) is 4.54. The maximum Gasteiger partial charge on any atom is 0.329 e. The van der Waals surface area contributed by atoms with Gasteiger partial charge in [-0.25, -0.2) is 5.43 Å². The van der Waals surface area contributed by atoms with Gasteiger partial charge in [0.25, 0.3) is 0 Å². The summed E-state index contributed by atoms with van der Waals surface area (Å²) in [6.07, 6.45) is 1.49. The summed E-state index contributed by atoms with van der Waals surface area (Å²) >= 11 is 0. The summed E-state index contributed by atoms with van der Waals surface area (Å²) in [5, 5.41) is 6.47. The van der Waals surface area contributed by atoms with Crippen LogP contribution in [-0.2, 0) is 16.0 Å². The lowest BCUT2D eigenvalue weighted by molar-refractivity contribution is -0.136. The Balaban J connectivity index is 1.89. The van der Waals surface area contributed by atoms with E-state index in [-0.39, 0.29) is 0 Å². The molecule has 0 aliphatic heterocycles. The third-order valence-corrected chi connectivity index (χ3v) is 3.83. The molecule has 2 amide bonds. The third kappa shape index (κ3) is 6.14. The number of benzene rings is 2. The van der Waals surface area contributed by atoms with E-state index in [2.05, 4.69) is 15.8 Å². The number of hydrogen-bond donors (Lipinski definition) is 2. The van der Waals surface area contributed by atoms with E-state index in [1.807, 2.05) is 30.3 Å². The maximum absolute atomic E-state index is 12.0. The van der Waals surface area contributed by atoms with Crippen LogP contribution in [0.5, 0.6) is 11.5 Å². The van der Waals surface area contributed by atoms with Gasteiger partial charge in [-0.3, -0.25) is 9.59 Å². The Morgan fingerprint density at radius 1 is 1.00 bits per heavy atom. The molecule has 0 spiro atoms. The standard InChI is InChI=1S/C20H23N3O4/c1-14(9-10-15-7-5-4-6-8-15)22-23-20(25)19(24)21-17-12-11-16(26-2)13-18(17)27-3/h4-8,11-13H,9-10H2,1-3H3,(H,21,24)(H,23,25)/b22-14+. The first-order valence-corrected chi connectivity index (χ1v) is 8.44. The third-order valence-electron chi connectivity index (χ3n) is 3.83. The predicted molar refractivity (Wildman–Crippen MR) is 104 cm³/mol. The lowest BCUT2D eigenvalue weighted by Crippen LogP contribution is -2.33. The van der Waals surface area contributed by atoms with Crippen molar-refractivity contribution in [2.45, 2.75) is 19.8 Å². The molecule has 0 unspecified atom stereocenters. The zero-order valence-corrected chi connectivity index (χ0v) is 15.6. The first kappa shape index (κ1) is 20.0. The molecule has 0 radical (unpaired) electrons. The Hall–Kier alpha value is -3.35. The molecule has 2 rings (SSSR count). The lowest BCUT2D eigenvalue weighted by atomic mass is 10.1. The summed E-state index contributed by atoms with van der Waals surface area (Å²) < 4.78 is 10.3. The summed E-state index contributed by atoms with van der Waals surface area (Å²) in [6.45, 7) is 1.80. The van der Waals surface area contributed by atoms with Crippen molar-refractivity contribution in [3.8, 4) is 11.5 Å². The maximum atomic E-state index is 12.0. The molecule has 0 atom stereocenters. The predicted octanol–water partition coefficient (Wildman–Crippen LogP) is 2.77. The average Bonchev–Trinajstić information content (AvgIpc) is 2.71. The fourth-order valence-corrected chi connectivity index (χ4v) is 2.30. The molecule has 0 bridgehead atoms. The number of hydrogen-bond acceptors (Lipinski definition) is 5. The molecule has 2 aromatic carbocycles. The van der Waals surface area contributed by atoms with E-state index in [0.29, 0.717) is 23.6 Å². The zero-order valence-electron chi connectivity index (χ0n) is 15.6. The van der Waals surface area contributed by atoms with Gasteiger partial charge >= 0.3 is 11.8 Å². The van der Waals surface area contributed by atoms with Crippen LogP contribution in [0.4, 0.5) is 5.69 Å². The largest absolute Gasteiger partial charge is 0.497 e. The van der Waals surface area contributed by atoms with Crippen LogP contribution in [0.25, 0.3) is 0 Å². The smallest absolute Gasteiger partial charge is 0.329 e. The number of aryl methyl sites for hydroxylation is 1. The van der Waals surface area contributed by atoms with E-state index < -0.39 is 11.8 Å². The quantitative estimate of drug-likeness (QED) is 0.446. The van der Waals surface area contributed by atoms with Crippen LogP contribution in [0.1, 0.15) is 18.9 Å². The summed E-state index contributed by atoms with van der Waals surface area (Å²) in [4.78, 5) is 24.0. The van der Waals surface area contributed by atoms with Crippen molar-refractivity contribution in [2.75, 3.05) is 19.5 Å². The molecular weight excluding hydrogens is 346 g/mol. The topological polar surface area (TPSA) is 89.0 Å². The fourth-order valence-electron chi connectivity index (χ4n) is 2.30. The molecular formula is C20H23N3O4. The van der Waals surface area contributed by atoms with E-state index in [1.165, 1.54) is 19.8 Å². The summed E-state index contributed by atoms with van der Waals surface area (Å²) in [5.74, 6) is -0.726. The number of amides is 2. The van der Waals surface area contributed by atoms with Crippen molar-refractivity contribution in [2.24, 2.45) is 5.10 Å². The van der Waals surface area contributed by atoms with Crippen LogP contribution in [0, 0.1) is 0 Å². The number of ether oxygens (including phenoxy) is 2. The number of carbonyl (C=O) groups is 2. The minimum atomic E-state index is -0.855. The number of anilines is 1. The van der Waals surface area contributed by atoms with Gasteiger partial charge in [0.2, 0.25) is 0 Å². The highest BCUT2D eigenvalue weighted by molar-refractivity contribution is 6.39. The molecule has 7 heteroatoms. The van der Waals surface area contributed by atoms with E-state index in [9.17, 15) is 9.59 Å². The minimum Gasteiger partial charge on any atom is -0.497 e. The molecule has 0 fully saturated rings. The molecule has 0 heterocycles. The van der Waals surface area contributed by atoms with Gasteiger partial charge in [-0.2, -0.15) is 5.10 Å². The zero-order chi connectivity index (χ0) is 19.6. The Labute approximate surface area is 158 Å². The highest BCUT2D eigenvalue weighted by Crippen LogP contribution is 2.28. The fraction of sp³-hybridized carbons (Fsp3) is 0.250. The van der Waals surface area contributed by atoms with Crippen molar-refractivity contribution in [3.05, 3.63) is 54.1 Å². The van der Waals surface area contributed by atoms with E-state index in [4.69, 9.17) is 9.47 Å². The monoisotopic (exact) mass is 369 g/mol. The molecule has 142 valence electrons. The summed E-state index contributed by atoms with van der Waals surface area (Å²) in [6, 6.07) is 14.8. The minimum absolute atomic E-state index is 0.364. The number of methoxy groups -OCH3 is 2. The molecule has 0 aliphatic rings.